The number of hydrogen-bond donors (Lipinski definition) is 6. The predicted molar refractivity (Wildman–Crippen MR) is 119 cm³/mol. The molecule has 4 unspecified atom stereocenters. The van der Waals surface area contributed by atoms with Crippen LogP contribution in [0.2, 0.25) is 0 Å². The summed E-state index contributed by atoms with van der Waals surface area (Å²) in [4.78, 5) is 62.2. The fraction of sp³-hybridized carbons (Fsp3) is 0.762. The Labute approximate surface area is 193 Å². The fourth-order valence-corrected chi connectivity index (χ4v) is 3.71. The molecule has 0 radical (unpaired) electrons. The van der Waals surface area contributed by atoms with Gasteiger partial charge in [-0.05, 0) is 44.6 Å². The van der Waals surface area contributed by atoms with Crippen molar-refractivity contribution in [2.24, 2.45) is 17.4 Å². The van der Waals surface area contributed by atoms with E-state index in [4.69, 9.17) is 16.6 Å². The Kier molecular flexibility index (Phi) is 11.8. The van der Waals surface area contributed by atoms with Crippen LogP contribution in [0, 0.1) is 5.92 Å². The van der Waals surface area contributed by atoms with Gasteiger partial charge in [0, 0.05) is 13.0 Å². The molecule has 0 aromatic carbocycles. The molecule has 12 heteroatoms. The van der Waals surface area contributed by atoms with Crippen LogP contribution in [0.3, 0.4) is 0 Å². The number of unbranched alkanes of at least 4 members (excludes halogenated alkanes) is 1. The number of carboxylic acids is 2. The molecule has 0 spiro atoms. The van der Waals surface area contributed by atoms with Gasteiger partial charge in [-0.25, -0.2) is 4.79 Å². The lowest BCUT2D eigenvalue weighted by Crippen LogP contribution is -2.57. The molecule has 0 bridgehead atoms. The number of rotatable bonds is 14. The second-order valence-electron chi connectivity index (χ2n) is 8.64. The van der Waals surface area contributed by atoms with E-state index in [0.717, 1.165) is 0 Å². The first-order valence-electron chi connectivity index (χ1n) is 11.3. The zero-order chi connectivity index (χ0) is 25.1. The van der Waals surface area contributed by atoms with Crippen LogP contribution in [-0.4, -0.2) is 82.0 Å². The molecular weight excluding hydrogens is 434 g/mol. The van der Waals surface area contributed by atoms with Crippen LogP contribution in [0.5, 0.6) is 0 Å². The lowest BCUT2D eigenvalue weighted by molar-refractivity contribution is -0.146. The topological polar surface area (TPSA) is 205 Å². The van der Waals surface area contributed by atoms with Crippen molar-refractivity contribution in [2.45, 2.75) is 83.0 Å². The highest BCUT2D eigenvalue weighted by Crippen LogP contribution is 2.20. The highest BCUT2D eigenvalue weighted by atomic mass is 16.4. The third-order valence-corrected chi connectivity index (χ3v) is 5.64. The molecule has 1 heterocycles. The molecule has 4 atom stereocenters. The van der Waals surface area contributed by atoms with Gasteiger partial charge in [0.1, 0.15) is 18.1 Å². The van der Waals surface area contributed by atoms with E-state index in [0.29, 0.717) is 38.6 Å². The SMILES string of the molecule is CC(C)C(NC(=O)C1CCCN1C(=O)C(CCC(=O)O)NC(=O)C(N)CCCCN)C(=O)O. The summed E-state index contributed by atoms with van der Waals surface area (Å²) >= 11 is 0. The average molecular weight is 472 g/mol. The lowest BCUT2D eigenvalue weighted by Gasteiger charge is -2.30. The number of aliphatic carboxylic acids is 2. The molecular formula is C21H37N5O7. The molecule has 188 valence electrons. The largest absolute Gasteiger partial charge is 0.481 e. The van der Waals surface area contributed by atoms with Gasteiger partial charge in [0.2, 0.25) is 17.7 Å². The highest BCUT2D eigenvalue weighted by Gasteiger charge is 2.39. The Hall–Kier alpha value is -2.73. The van der Waals surface area contributed by atoms with E-state index in [-0.39, 0.29) is 25.3 Å². The highest BCUT2D eigenvalue weighted by molar-refractivity contribution is 5.94. The Morgan fingerprint density at radius 1 is 1.06 bits per heavy atom. The minimum Gasteiger partial charge on any atom is -0.481 e. The molecule has 1 aliphatic heterocycles. The number of likely N-dealkylation sites (tertiary alicyclic amines) is 1. The van der Waals surface area contributed by atoms with Gasteiger partial charge in [-0.15, -0.1) is 0 Å². The molecule has 8 N–H and O–H groups in total. The van der Waals surface area contributed by atoms with Gasteiger partial charge >= 0.3 is 11.9 Å². The van der Waals surface area contributed by atoms with Crippen molar-refractivity contribution >= 4 is 29.7 Å². The average Bonchev–Trinajstić information content (AvgIpc) is 3.23. The maximum atomic E-state index is 13.2. The van der Waals surface area contributed by atoms with Crippen molar-refractivity contribution in [2.75, 3.05) is 13.1 Å². The molecule has 3 amide bonds. The maximum Gasteiger partial charge on any atom is 0.326 e. The minimum absolute atomic E-state index is 0.163. The first-order valence-corrected chi connectivity index (χ1v) is 11.3. The monoisotopic (exact) mass is 471 g/mol. The molecule has 1 fully saturated rings. The number of carbonyl (C=O) groups excluding carboxylic acids is 3. The van der Waals surface area contributed by atoms with E-state index in [9.17, 15) is 29.1 Å². The summed E-state index contributed by atoms with van der Waals surface area (Å²) < 4.78 is 0. The van der Waals surface area contributed by atoms with Crippen LogP contribution < -0.4 is 22.1 Å². The summed E-state index contributed by atoms with van der Waals surface area (Å²) in [6, 6.07) is -4.05. The van der Waals surface area contributed by atoms with Crippen molar-refractivity contribution in [1.82, 2.24) is 15.5 Å². The van der Waals surface area contributed by atoms with Gasteiger partial charge in [0.25, 0.3) is 0 Å². The first kappa shape index (κ1) is 28.3. The molecule has 1 aliphatic rings. The number of hydrogen-bond acceptors (Lipinski definition) is 7. The number of carboxylic acid groups (broad SMARTS) is 2. The van der Waals surface area contributed by atoms with Gasteiger partial charge in [-0.3, -0.25) is 19.2 Å². The molecule has 33 heavy (non-hydrogen) atoms. The van der Waals surface area contributed by atoms with Gasteiger partial charge in [-0.1, -0.05) is 20.3 Å². The van der Waals surface area contributed by atoms with Crippen LogP contribution in [0.4, 0.5) is 0 Å². The van der Waals surface area contributed by atoms with E-state index in [1.54, 1.807) is 13.8 Å². The summed E-state index contributed by atoms with van der Waals surface area (Å²) in [5.74, 6) is -4.44. The van der Waals surface area contributed by atoms with Gasteiger partial charge in [0.05, 0.1) is 6.04 Å². The third-order valence-electron chi connectivity index (χ3n) is 5.64. The number of carbonyl (C=O) groups is 5. The van der Waals surface area contributed by atoms with Gasteiger partial charge in [0.15, 0.2) is 0 Å². The molecule has 1 rings (SSSR count). The number of nitrogens with zero attached hydrogens (tertiary/aromatic N) is 1. The Bertz CT molecular complexity index is 715. The van der Waals surface area contributed by atoms with Crippen molar-refractivity contribution in [3.63, 3.8) is 0 Å². The second kappa shape index (κ2) is 13.7. The molecule has 0 aliphatic carbocycles. The Balaban J connectivity index is 2.93. The zero-order valence-corrected chi connectivity index (χ0v) is 19.3. The summed E-state index contributed by atoms with van der Waals surface area (Å²) in [6.07, 6.45) is 2.02. The zero-order valence-electron chi connectivity index (χ0n) is 19.3. The minimum atomic E-state index is -1.18. The third kappa shape index (κ3) is 8.97. The fourth-order valence-electron chi connectivity index (χ4n) is 3.71. The summed E-state index contributed by atoms with van der Waals surface area (Å²) in [7, 11) is 0. The van der Waals surface area contributed by atoms with Crippen molar-refractivity contribution in [3.8, 4) is 0 Å². The van der Waals surface area contributed by atoms with Crippen molar-refractivity contribution in [3.05, 3.63) is 0 Å². The van der Waals surface area contributed by atoms with Crippen LogP contribution >= 0.6 is 0 Å². The van der Waals surface area contributed by atoms with Crippen LogP contribution in [0.1, 0.15) is 58.8 Å². The number of nitrogens with two attached hydrogens (primary N) is 2. The van der Waals surface area contributed by atoms with E-state index < -0.39 is 53.8 Å². The van der Waals surface area contributed by atoms with Gasteiger partial charge in [-0.2, -0.15) is 0 Å². The second-order valence-corrected chi connectivity index (χ2v) is 8.64. The van der Waals surface area contributed by atoms with Crippen LogP contribution in [0.15, 0.2) is 0 Å². The summed E-state index contributed by atoms with van der Waals surface area (Å²) in [5, 5.41) is 23.4. The number of nitrogens with one attached hydrogen (secondary N) is 2. The molecule has 0 aromatic heterocycles. The Morgan fingerprint density at radius 3 is 2.27 bits per heavy atom. The van der Waals surface area contributed by atoms with Crippen molar-refractivity contribution in [1.29, 1.82) is 0 Å². The van der Waals surface area contributed by atoms with E-state index in [1.807, 2.05) is 0 Å². The smallest absolute Gasteiger partial charge is 0.326 e. The van der Waals surface area contributed by atoms with Crippen molar-refractivity contribution < 1.29 is 34.2 Å². The standard InChI is InChI=1S/C21H37N5O7/c1-12(2)17(21(32)33)25-19(30)15-7-5-11-26(15)20(31)14(8-9-16(27)28)24-18(29)13(23)6-3-4-10-22/h12-15,17H,3-11,22-23H2,1-2H3,(H,24,29)(H,25,30)(H,27,28)(H,32,33). The summed E-state index contributed by atoms with van der Waals surface area (Å²) in [6.45, 7) is 4.01. The lowest BCUT2D eigenvalue weighted by atomic mass is 10.0. The quantitative estimate of drug-likeness (QED) is 0.172. The normalized spacial score (nSPS) is 18.5. The van der Waals surface area contributed by atoms with Gasteiger partial charge < -0.3 is 37.2 Å². The van der Waals surface area contributed by atoms with Crippen LogP contribution in [-0.2, 0) is 24.0 Å². The molecule has 0 aromatic rings. The number of amides is 3. The first-order chi connectivity index (χ1) is 15.5. The molecule has 12 nitrogen and oxygen atoms in total. The van der Waals surface area contributed by atoms with Crippen LogP contribution in [0.25, 0.3) is 0 Å². The molecule has 1 saturated heterocycles. The van der Waals surface area contributed by atoms with E-state index in [1.165, 1.54) is 4.90 Å². The van der Waals surface area contributed by atoms with E-state index >= 15 is 0 Å². The maximum absolute atomic E-state index is 13.2. The summed E-state index contributed by atoms with van der Waals surface area (Å²) in [5.41, 5.74) is 11.3. The Morgan fingerprint density at radius 2 is 1.73 bits per heavy atom. The molecule has 0 saturated carbocycles. The predicted octanol–water partition coefficient (Wildman–Crippen LogP) is -0.991. The van der Waals surface area contributed by atoms with E-state index in [2.05, 4.69) is 10.6 Å².